The SMILES string of the molecule is COc1ccc(S(=O)(=O)N2CCCCC2)cc1NC(=S)NCCCN(C)C. The molecule has 2 N–H and O–H groups in total. The van der Waals surface area contributed by atoms with Gasteiger partial charge in [-0.15, -0.1) is 0 Å². The molecule has 0 aliphatic carbocycles. The molecule has 0 unspecified atom stereocenters. The van der Waals surface area contributed by atoms with Crippen LogP contribution in [0.4, 0.5) is 5.69 Å². The van der Waals surface area contributed by atoms with Crippen molar-refractivity contribution in [3.63, 3.8) is 0 Å². The van der Waals surface area contributed by atoms with Crippen molar-refractivity contribution in [2.24, 2.45) is 0 Å². The summed E-state index contributed by atoms with van der Waals surface area (Å²) in [7, 11) is 2.09. The van der Waals surface area contributed by atoms with Crippen LogP contribution in [0.25, 0.3) is 0 Å². The van der Waals surface area contributed by atoms with E-state index in [2.05, 4.69) is 15.5 Å². The van der Waals surface area contributed by atoms with E-state index in [1.54, 1.807) is 29.6 Å². The average molecular weight is 415 g/mol. The highest BCUT2D eigenvalue weighted by Crippen LogP contribution is 2.29. The third-order valence-electron chi connectivity index (χ3n) is 4.44. The van der Waals surface area contributed by atoms with Gasteiger partial charge in [-0.3, -0.25) is 0 Å². The van der Waals surface area contributed by atoms with E-state index in [9.17, 15) is 8.42 Å². The largest absolute Gasteiger partial charge is 0.495 e. The predicted octanol–water partition coefficient (Wildman–Crippen LogP) is 2.11. The molecule has 1 fully saturated rings. The van der Waals surface area contributed by atoms with E-state index in [0.29, 0.717) is 29.6 Å². The molecule has 0 amide bonds. The quantitative estimate of drug-likeness (QED) is 0.498. The van der Waals surface area contributed by atoms with Crippen LogP contribution >= 0.6 is 12.2 Å². The minimum absolute atomic E-state index is 0.253. The topological polar surface area (TPSA) is 73.9 Å². The molecule has 0 spiro atoms. The number of nitrogens with one attached hydrogen (secondary N) is 2. The fraction of sp³-hybridized carbons (Fsp3) is 0.611. The number of rotatable bonds is 8. The number of thiocarbonyl (C=S) groups is 1. The van der Waals surface area contributed by atoms with E-state index < -0.39 is 10.0 Å². The highest BCUT2D eigenvalue weighted by molar-refractivity contribution is 7.89. The molecule has 1 aliphatic rings. The van der Waals surface area contributed by atoms with Crippen LogP contribution in [0, 0.1) is 0 Å². The van der Waals surface area contributed by atoms with Gasteiger partial charge in [0.25, 0.3) is 0 Å². The van der Waals surface area contributed by atoms with Crippen LogP contribution < -0.4 is 15.4 Å². The molecule has 152 valence electrons. The number of sulfonamides is 1. The zero-order valence-electron chi connectivity index (χ0n) is 16.3. The first-order valence-corrected chi connectivity index (χ1v) is 11.1. The Balaban J connectivity index is 2.09. The highest BCUT2D eigenvalue weighted by Gasteiger charge is 2.26. The van der Waals surface area contributed by atoms with Crippen molar-refractivity contribution in [3.05, 3.63) is 18.2 Å². The van der Waals surface area contributed by atoms with Gasteiger partial charge in [-0.05, 0) is 70.3 Å². The molecular formula is C18H30N4O3S2. The molecule has 0 saturated carbocycles. The Labute approximate surface area is 168 Å². The summed E-state index contributed by atoms with van der Waals surface area (Å²) >= 11 is 5.33. The molecule has 9 heteroatoms. The molecule has 1 heterocycles. The summed E-state index contributed by atoms with van der Waals surface area (Å²) in [5.41, 5.74) is 0.542. The Bertz CT molecular complexity index is 732. The van der Waals surface area contributed by atoms with E-state index in [0.717, 1.165) is 38.8 Å². The molecule has 0 aromatic heterocycles. The second-order valence-corrected chi connectivity index (χ2v) is 9.21. The maximum atomic E-state index is 12.9. The Morgan fingerprint density at radius 3 is 2.59 bits per heavy atom. The molecule has 0 atom stereocenters. The summed E-state index contributed by atoms with van der Waals surface area (Å²) in [6, 6.07) is 4.84. The Kier molecular flexibility index (Phi) is 8.28. The van der Waals surface area contributed by atoms with Crippen molar-refractivity contribution in [1.29, 1.82) is 0 Å². The lowest BCUT2D eigenvalue weighted by molar-refractivity contribution is 0.346. The zero-order chi connectivity index (χ0) is 19.9. The number of hydrogen-bond donors (Lipinski definition) is 2. The van der Waals surface area contributed by atoms with Crippen molar-refractivity contribution in [1.82, 2.24) is 14.5 Å². The van der Waals surface area contributed by atoms with E-state index in [4.69, 9.17) is 17.0 Å². The van der Waals surface area contributed by atoms with Gasteiger partial charge >= 0.3 is 0 Å². The van der Waals surface area contributed by atoms with Gasteiger partial charge in [-0.25, -0.2) is 8.42 Å². The third kappa shape index (κ3) is 6.31. The van der Waals surface area contributed by atoms with Crippen LogP contribution in [-0.2, 0) is 10.0 Å². The second kappa shape index (κ2) is 10.2. The zero-order valence-corrected chi connectivity index (χ0v) is 18.0. The number of anilines is 1. The summed E-state index contributed by atoms with van der Waals surface area (Å²) in [4.78, 5) is 2.36. The number of ether oxygens (including phenoxy) is 1. The first-order valence-electron chi connectivity index (χ1n) is 9.22. The molecule has 1 aromatic rings. The van der Waals surface area contributed by atoms with E-state index in [1.807, 2.05) is 14.1 Å². The molecule has 7 nitrogen and oxygen atoms in total. The van der Waals surface area contributed by atoms with Crippen molar-refractivity contribution in [2.75, 3.05) is 52.7 Å². The number of piperidine rings is 1. The molecule has 1 saturated heterocycles. The lowest BCUT2D eigenvalue weighted by Gasteiger charge is -2.26. The minimum atomic E-state index is -3.51. The van der Waals surface area contributed by atoms with Gasteiger partial charge in [-0.1, -0.05) is 6.42 Å². The molecule has 0 bridgehead atoms. The standard InChI is InChI=1S/C18H30N4O3S2/c1-21(2)11-7-10-19-18(26)20-16-14-15(8-9-17(16)25-3)27(23,24)22-12-5-4-6-13-22/h8-9,14H,4-7,10-13H2,1-3H3,(H2,19,20,26). The van der Waals surface area contributed by atoms with Crippen LogP contribution in [0.3, 0.4) is 0 Å². The van der Waals surface area contributed by atoms with Crippen LogP contribution in [0.15, 0.2) is 23.1 Å². The predicted molar refractivity (Wildman–Crippen MR) is 113 cm³/mol. The summed E-state index contributed by atoms with van der Waals surface area (Å²) in [5, 5.41) is 6.65. The maximum Gasteiger partial charge on any atom is 0.243 e. The van der Waals surface area contributed by atoms with E-state index in [1.165, 1.54) is 0 Å². The lowest BCUT2D eigenvalue weighted by atomic mass is 10.2. The summed E-state index contributed by atoms with van der Waals surface area (Å²) in [5.74, 6) is 0.546. The number of benzene rings is 1. The van der Waals surface area contributed by atoms with Crippen molar-refractivity contribution in [2.45, 2.75) is 30.6 Å². The monoisotopic (exact) mass is 414 g/mol. The smallest absolute Gasteiger partial charge is 0.243 e. The van der Waals surface area contributed by atoms with Crippen LogP contribution in [-0.4, -0.2) is 70.1 Å². The third-order valence-corrected chi connectivity index (χ3v) is 6.58. The fourth-order valence-electron chi connectivity index (χ4n) is 2.96. The summed E-state index contributed by atoms with van der Waals surface area (Å²) in [6.07, 6.45) is 3.84. The first-order chi connectivity index (χ1) is 12.8. The van der Waals surface area contributed by atoms with Crippen LogP contribution in [0.1, 0.15) is 25.7 Å². The Morgan fingerprint density at radius 2 is 1.96 bits per heavy atom. The molecule has 0 radical (unpaired) electrons. The summed E-state index contributed by atoms with van der Waals surface area (Å²) in [6.45, 7) is 2.84. The molecule has 1 aliphatic heterocycles. The highest BCUT2D eigenvalue weighted by atomic mass is 32.2. The number of nitrogens with zero attached hydrogens (tertiary/aromatic N) is 2. The Hall–Kier alpha value is -1.42. The van der Waals surface area contributed by atoms with Crippen molar-refractivity contribution >= 4 is 33.0 Å². The average Bonchev–Trinajstić information content (AvgIpc) is 2.65. The fourth-order valence-corrected chi connectivity index (χ4v) is 4.72. The van der Waals surface area contributed by atoms with E-state index >= 15 is 0 Å². The van der Waals surface area contributed by atoms with Crippen molar-refractivity contribution in [3.8, 4) is 5.75 Å². The molecule has 1 aromatic carbocycles. The molecule has 27 heavy (non-hydrogen) atoms. The van der Waals surface area contributed by atoms with Crippen LogP contribution in [0.2, 0.25) is 0 Å². The van der Waals surface area contributed by atoms with Gasteiger partial charge in [-0.2, -0.15) is 4.31 Å². The van der Waals surface area contributed by atoms with Gasteiger partial charge in [0.1, 0.15) is 5.75 Å². The second-order valence-electron chi connectivity index (χ2n) is 6.86. The van der Waals surface area contributed by atoms with Crippen LogP contribution in [0.5, 0.6) is 5.75 Å². The molecular weight excluding hydrogens is 384 g/mol. The van der Waals surface area contributed by atoms with Gasteiger partial charge in [0.05, 0.1) is 17.7 Å². The van der Waals surface area contributed by atoms with Gasteiger partial charge in [0.15, 0.2) is 5.11 Å². The van der Waals surface area contributed by atoms with Gasteiger partial charge in [0.2, 0.25) is 10.0 Å². The summed E-state index contributed by atoms with van der Waals surface area (Å²) < 4.78 is 32.7. The minimum Gasteiger partial charge on any atom is -0.495 e. The maximum absolute atomic E-state index is 12.9. The Morgan fingerprint density at radius 1 is 1.26 bits per heavy atom. The van der Waals surface area contributed by atoms with Crippen molar-refractivity contribution < 1.29 is 13.2 Å². The number of methoxy groups -OCH3 is 1. The molecule has 2 rings (SSSR count). The lowest BCUT2D eigenvalue weighted by Crippen LogP contribution is -2.35. The number of hydrogen-bond acceptors (Lipinski definition) is 5. The normalized spacial score (nSPS) is 15.6. The van der Waals surface area contributed by atoms with Gasteiger partial charge < -0.3 is 20.3 Å². The first kappa shape index (κ1) is 21.9. The van der Waals surface area contributed by atoms with Gasteiger partial charge in [0, 0.05) is 19.6 Å². The van der Waals surface area contributed by atoms with E-state index in [-0.39, 0.29) is 4.90 Å².